The molecule has 0 aromatic heterocycles. The first-order valence-corrected chi connectivity index (χ1v) is 14.3. The Kier molecular flexibility index (Phi) is 12.3. The van der Waals surface area contributed by atoms with Gasteiger partial charge in [0.1, 0.15) is 17.3 Å². The Morgan fingerprint density at radius 1 is 0.976 bits per heavy atom. The number of aryl methyl sites for hydroxylation is 1. The van der Waals surface area contributed by atoms with Gasteiger partial charge in [-0.15, -0.1) is 0 Å². The number of methoxy groups -OCH3 is 1. The van der Waals surface area contributed by atoms with Gasteiger partial charge in [-0.3, -0.25) is 9.59 Å². The van der Waals surface area contributed by atoms with Crippen molar-refractivity contribution in [1.82, 2.24) is 15.5 Å². The zero-order chi connectivity index (χ0) is 30.6. The number of benzene rings is 3. The molecule has 0 saturated heterocycles. The molecule has 4 N–H and O–H groups in total. The number of phenolic OH excluding ortho intramolecular Hbond substituents is 1. The molecular formula is C33H42FN3O5. The Balaban J connectivity index is 1.80. The highest BCUT2D eigenvalue weighted by Crippen LogP contribution is 2.19. The first-order valence-electron chi connectivity index (χ1n) is 14.3. The molecule has 0 bridgehead atoms. The predicted octanol–water partition coefficient (Wildman–Crippen LogP) is 4.60. The highest BCUT2D eigenvalue weighted by molar-refractivity contribution is 6.00. The largest absolute Gasteiger partial charge is 0.508 e. The summed E-state index contributed by atoms with van der Waals surface area (Å²) in [5.41, 5.74) is 2.84. The Hall–Kier alpha value is -3.95. The fourth-order valence-electron chi connectivity index (χ4n) is 4.90. The number of aromatic hydroxyl groups is 1. The van der Waals surface area contributed by atoms with Crippen LogP contribution in [0.4, 0.5) is 4.39 Å². The molecule has 0 aliphatic rings. The summed E-state index contributed by atoms with van der Waals surface area (Å²) in [5.74, 6) is -0.750. The van der Waals surface area contributed by atoms with E-state index in [1.807, 2.05) is 45.0 Å². The number of amides is 2. The number of carbonyl (C=O) groups is 2. The number of halogens is 1. The maximum Gasteiger partial charge on any atom is 0.253 e. The lowest BCUT2D eigenvalue weighted by Crippen LogP contribution is -2.48. The number of nitrogens with one attached hydrogen (secondary N) is 2. The molecule has 0 aliphatic carbocycles. The molecule has 2 atom stereocenters. The number of rotatable bonds is 15. The number of hydrogen-bond acceptors (Lipinski definition) is 6. The zero-order valence-corrected chi connectivity index (χ0v) is 24.8. The molecule has 0 unspecified atom stereocenters. The maximum atomic E-state index is 14.0. The minimum atomic E-state index is -1.06. The van der Waals surface area contributed by atoms with Crippen molar-refractivity contribution >= 4 is 11.8 Å². The molecule has 2 amide bonds. The van der Waals surface area contributed by atoms with Crippen LogP contribution in [0.15, 0.2) is 60.7 Å². The number of ether oxygens (including phenoxy) is 1. The van der Waals surface area contributed by atoms with Crippen LogP contribution in [0.2, 0.25) is 0 Å². The van der Waals surface area contributed by atoms with E-state index in [9.17, 15) is 24.2 Å². The molecule has 42 heavy (non-hydrogen) atoms. The number of hydrogen-bond donors (Lipinski definition) is 4. The third-order valence-corrected chi connectivity index (χ3v) is 6.86. The van der Waals surface area contributed by atoms with Gasteiger partial charge in [-0.05, 0) is 85.3 Å². The van der Waals surface area contributed by atoms with E-state index in [1.165, 1.54) is 12.1 Å². The van der Waals surface area contributed by atoms with Crippen molar-refractivity contribution in [1.29, 1.82) is 0 Å². The summed E-state index contributed by atoms with van der Waals surface area (Å²) in [6, 6.07) is 15.4. The van der Waals surface area contributed by atoms with Gasteiger partial charge < -0.3 is 30.5 Å². The van der Waals surface area contributed by atoms with Crippen molar-refractivity contribution in [2.24, 2.45) is 0 Å². The van der Waals surface area contributed by atoms with Gasteiger partial charge in [0.05, 0.1) is 19.3 Å². The molecular weight excluding hydrogens is 537 g/mol. The van der Waals surface area contributed by atoms with Crippen LogP contribution in [0.25, 0.3) is 0 Å². The average Bonchev–Trinajstić information content (AvgIpc) is 2.95. The highest BCUT2D eigenvalue weighted by Gasteiger charge is 2.24. The lowest BCUT2D eigenvalue weighted by atomic mass is 9.99. The minimum Gasteiger partial charge on any atom is -0.508 e. The summed E-state index contributed by atoms with van der Waals surface area (Å²) in [4.78, 5) is 28.5. The van der Waals surface area contributed by atoms with Gasteiger partial charge in [0, 0.05) is 43.4 Å². The summed E-state index contributed by atoms with van der Waals surface area (Å²) < 4.78 is 19.3. The Labute approximate surface area is 247 Å². The van der Waals surface area contributed by atoms with E-state index in [0.29, 0.717) is 30.8 Å². The quantitative estimate of drug-likeness (QED) is 0.209. The molecule has 0 heterocycles. The van der Waals surface area contributed by atoms with Crippen LogP contribution in [-0.4, -0.2) is 65.8 Å². The smallest absolute Gasteiger partial charge is 0.253 e. The van der Waals surface area contributed by atoms with Crippen LogP contribution in [0.3, 0.4) is 0 Å². The van der Waals surface area contributed by atoms with E-state index in [-0.39, 0.29) is 30.2 Å². The molecule has 3 rings (SSSR count). The first-order chi connectivity index (χ1) is 20.1. The second-order valence-electron chi connectivity index (χ2n) is 10.5. The van der Waals surface area contributed by atoms with E-state index < -0.39 is 23.9 Å². The Morgan fingerprint density at radius 2 is 1.69 bits per heavy atom. The van der Waals surface area contributed by atoms with Crippen molar-refractivity contribution in [3.8, 4) is 11.5 Å². The SMILES string of the molecule is CCCN(CCC)C(=O)c1cc(C)cc(C(=O)N[C@@H](Cc2cc(O)cc(F)c2)[C@H](O)CNCc2cccc(OC)c2)c1. The fraction of sp³-hybridized carbons (Fsp3) is 0.394. The van der Waals surface area contributed by atoms with Gasteiger partial charge in [-0.2, -0.15) is 0 Å². The first kappa shape index (κ1) is 32.6. The lowest BCUT2D eigenvalue weighted by molar-refractivity contribution is 0.0755. The minimum absolute atomic E-state index is 0.0669. The normalized spacial score (nSPS) is 12.4. The summed E-state index contributed by atoms with van der Waals surface area (Å²) in [6.45, 7) is 7.68. The molecule has 0 radical (unpaired) electrons. The van der Waals surface area contributed by atoms with Gasteiger partial charge in [0.2, 0.25) is 0 Å². The molecule has 8 nitrogen and oxygen atoms in total. The second kappa shape index (κ2) is 15.9. The third kappa shape index (κ3) is 9.56. The van der Waals surface area contributed by atoms with Crippen LogP contribution in [0.5, 0.6) is 11.5 Å². The topological polar surface area (TPSA) is 111 Å². The van der Waals surface area contributed by atoms with Crippen LogP contribution in [0.1, 0.15) is 64.1 Å². The summed E-state index contributed by atoms with van der Waals surface area (Å²) >= 11 is 0. The van der Waals surface area contributed by atoms with E-state index in [0.717, 1.165) is 35.8 Å². The third-order valence-electron chi connectivity index (χ3n) is 6.86. The molecule has 0 saturated carbocycles. The molecule has 3 aromatic rings. The van der Waals surface area contributed by atoms with E-state index in [1.54, 1.807) is 30.2 Å². The number of phenols is 1. The van der Waals surface area contributed by atoms with Crippen molar-refractivity contribution in [2.45, 2.75) is 58.7 Å². The predicted molar refractivity (Wildman–Crippen MR) is 161 cm³/mol. The molecule has 226 valence electrons. The maximum absolute atomic E-state index is 14.0. The summed E-state index contributed by atoms with van der Waals surface area (Å²) in [5, 5.41) is 27.1. The van der Waals surface area contributed by atoms with Gasteiger partial charge in [-0.1, -0.05) is 26.0 Å². The number of nitrogens with zero attached hydrogens (tertiary/aromatic N) is 1. The lowest BCUT2D eigenvalue weighted by Gasteiger charge is -2.25. The molecule has 9 heteroatoms. The standard InChI is InChI=1S/C33H42FN3O5/c1-5-10-37(11-6-2)33(41)26-13-22(3)12-25(18-26)32(40)36-30(17-24-14-27(34)19-28(38)15-24)31(39)21-35-20-23-8-7-9-29(16-23)42-4/h7-9,12-16,18-19,30-31,35,38-39H,5-6,10-11,17,20-21H2,1-4H3,(H,36,40)/t30-,31+/m0/s1. The number of carbonyl (C=O) groups excluding carboxylic acids is 2. The average molecular weight is 580 g/mol. The van der Waals surface area contributed by atoms with Crippen molar-refractivity contribution < 1.29 is 28.9 Å². The summed E-state index contributed by atoms with van der Waals surface area (Å²) in [6.07, 6.45) is 0.663. The Bertz CT molecular complexity index is 1320. The van der Waals surface area contributed by atoms with Gasteiger partial charge in [-0.25, -0.2) is 4.39 Å². The van der Waals surface area contributed by atoms with E-state index in [4.69, 9.17) is 4.74 Å². The van der Waals surface area contributed by atoms with E-state index >= 15 is 0 Å². The van der Waals surface area contributed by atoms with E-state index in [2.05, 4.69) is 10.6 Å². The second-order valence-corrected chi connectivity index (χ2v) is 10.5. The Morgan fingerprint density at radius 3 is 2.36 bits per heavy atom. The van der Waals surface area contributed by atoms with Crippen molar-refractivity contribution in [2.75, 3.05) is 26.7 Å². The summed E-state index contributed by atoms with van der Waals surface area (Å²) in [7, 11) is 1.59. The van der Waals surface area contributed by atoms with Gasteiger partial charge >= 0.3 is 0 Å². The number of aliphatic hydroxyl groups is 1. The highest BCUT2D eigenvalue weighted by atomic mass is 19.1. The number of aliphatic hydroxyl groups excluding tert-OH is 1. The van der Waals surface area contributed by atoms with Crippen LogP contribution >= 0.6 is 0 Å². The molecule has 0 aliphatic heterocycles. The van der Waals surface area contributed by atoms with Crippen LogP contribution in [0, 0.1) is 12.7 Å². The van der Waals surface area contributed by atoms with Crippen molar-refractivity contribution in [3.63, 3.8) is 0 Å². The van der Waals surface area contributed by atoms with Gasteiger partial charge in [0.15, 0.2) is 0 Å². The fourth-order valence-corrected chi connectivity index (χ4v) is 4.90. The molecule has 0 fully saturated rings. The molecule has 0 spiro atoms. The van der Waals surface area contributed by atoms with Crippen LogP contribution in [-0.2, 0) is 13.0 Å². The monoisotopic (exact) mass is 579 g/mol. The zero-order valence-electron chi connectivity index (χ0n) is 24.8. The molecule has 3 aromatic carbocycles. The van der Waals surface area contributed by atoms with Gasteiger partial charge in [0.25, 0.3) is 11.8 Å². The van der Waals surface area contributed by atoms with Crippen molar-refractivity contribution in [3.05, 3.63) is 94.3 Å². The van der Waals surface area contributed by atoms with Crippen LogP contribution < -0.4 is 15.4 Å².